The molecule has 0 bridgehead atoms. The molecule has 0 saturated carbocycles. The molecule has 0 aliphatic heterocycles. The van der Waals surface area contributed by atoms with E-state index < -0.39 is 0 Å². The Balaban J connectivity index is 1.78. The lowest BCUT2D eigenvalue weighted by Gasteiger charge is -2.18. The number of benzene rings is 2. The van der Waals surface area contributed by atoms with Crippen molar-refractivity contribution in [3.63, 3.8) is 0 Å². The normalized spacial score (nSPS) is 11.8. The maximum absolute atomic E-state index is 12.9. The van der Waals surface area contributed by atoms with Crippen LogP contribution in [0.4, 0.5) is 0 Å². The highest BCUT2D eigenvalue weighted by Crippen LogP contribution is 2.23. The Morgan fingerprint density at radius 2 is 1.65 bits per heavy atom. The van der Waals surface area contributed by atoms with Crippen LogP contribution in [0.1, 0.15) is 22.6 Å². The van der Waals surface area contributed by atoms with Crippen LogP contribution in [-0.2, 0) is 17.8 Å². The van der Waals surface area contributed by atoms with Crippen LogP contribution in [-0.4, -0.2) is 10.9 Å². The number of aromatic nitrogens is 1. The van der Waals surface area contributed by atoms with Crippen molar-refractivity contribution in [2.45, 2.75) is 18.9 Å². The molecule has 0 spiro atoms. The second kappa shape index (κ2) is 8.84. The molecule has 0 saturated heterocycles. The van der Waals surface area contributed by atoms with Gasteiger partial charge in [0.2, 0.25) is 5.91 Å². The topological polar surface area (TPSA) is 42.0 Å². The van der Waals surface area contributed by atoms with Crippen molar-refractivity contribution in [3.05, 3.63) is 99.8 Å². The molecule has 1 aromatic heterocycles. The number of carbonyl (C=O) groups is 1. The van der Waals surface area contributed by atoms with Crippen molar-refractivity contribution in [3.8, 4) is 0 Å². The summed E-state index contributed by atoms with van der Waals surface area (Å²) in [4.78, 5) is 16.9. The van der Waals surface area contributed by atoms with E-state index in [1.165, 1.54) is 0 Å². The smallest absolute Gasteiger partial charge is 0.228 e. The summed E-state index contributed by atoms with van der Waals surface area (Å²) in [6, 6.07) is 18.7. The van der Waals surface area contributed by atoms with E-state index in [0.29, 0.717) is 23.0 Å². The third-order valence-corrected chi connectivity index (χ3v) is 4.81. The first-order chi connectivity index (χ1) is 12.6. The predicted octanol–water partition coefficient (Wildman–Crippen LogP) is 5.03. The molecule has 5 heteroatoms. The maximum Gasteiger partial charge on any atom is 0.228 e. The predicted molar refractivity (Wildman–Crippen MR) is 105 cm³/mol. The zero-order valence-corrected chi connectivity index (χ0v) is 15.5. The number of amides is 1. The summed E-state index contributed by atoms with van der Waals surface area (Å²) in [5, 5.41) is 4.29. The van der Waals surface area contributed by atoms with E-state index in [4.69, 9.17) is 23.2 Å². The number of rotatable bonds is 6. The molecular formula is C21H18Cl2N2O. The Labute approximate surface area is 163 Å². The van der Waals surface area contributed by atoms with Gasteiger partial charge in [0.25, 0.3) is 0 Å². The van der Waals surface area contributed by atoms with Crippen LogP contribution in [0.25, 0.3) is 0 Å². The number of hydrogen-bond donors (Lipinski definition) is 1. The first-order valence-corrected chi connectivity index (χ1v) is 9.04. The number of pyridine rings is 1. The highest BCUT2D eigenvalue weighted by Gasteiger charge is 2.21. The van der Waals surface area contributed by atoms with Crippen molar-refractivity contribution in [1.82, 2.24) is 10.3 Å². The van der Waals surface area contributed by atoms with E-state index >= 15 is 0 Å². The van der Waals surface area contributed by atoms with E-state index in [-0.39, 0.29) is 11.8 Å². The molecule has 132 valence electrons. The van der Waals surface area contributed by atoms with E-state index in [1.54, 1.807) is 24.5 Å². The zero-order valence-electron chi connectivity index (χ0n) is 14.0. The fourth-order valence-electron chi connectivity index (χ4n) is 2.76. The minimum absolute atomic E-state index is 0.0518. The molecule has 0 aliphatic carbocycles. The molecule has 1 heterocycles. The molecule has 3 rings (SSSR count). The second-order valence-electron chi connectivity index (χ2n) is 5.97. The van der Waals surface area contributed by atoms with Crippen LogP contribution in [0, 0.1) is 0 Å². The van der Waals surface area contributed by atoms with Crippen LogP contribution >= 0.6 is 23.2 Å². The van der Waals surface area contributed by atoms with Crippen LogP contribution in [0.15, 0.2) is 73.1 Å². The molecule has 2 aromatic carbocycles. The molecule has 1 unspecified atom stereocenters. The van der Waals surface area contributed by atoms with Crippen molar-refractivity contribution >= 4 is 29.1 Å². The number of nitrogens with zero attached hydrogens (tertiary/aromatic N) is 1. The van der Waals surface area contributed by atoms with Gasteiger partial charge in [-0.15, -0.1) is 0 Å². The average Bonchev–Trinajstić information content (AvgIpc) is 2.67. The minimum Gasteiger partial charge on any atom is -0.351 e. The fourth-order valence-corrected chi connectivity index (χ4v) is 3.09. The van der Waals surface area contributed by atoms with E-state index in [0.717, 1.165) is 16.7 Å². The van der Waals surface area contributed by atoms with Gasteiger partial charge in [-0.05, 0) is 53.4 Å². The van der Waals surface area contributed by atoms with Gasteiger partial charge in [0.1, 0.15) is 0 Å². The summed E-state index contributed by atoms with van der Waals surface area (Å²) >= 11 is 12.2. The molecule has 3 aromatic rings. The van der Waals surface area contributed by atoms with E-state index in [2.05, 4.69) is 10.3 Å². The first-order valence-electron chi connectivity index (χ1n) is 8.29. The van der Waals surface area contributed by atoms with Crippen molar-refractivity contribution in [2.24, 2.45) is 0 Å². The summed E-state index contributed by atoms with van der Waals surface area (Å²) < 4.78 is 0. The summed E-state index contributed by atoms with van der Waals surface area (Å²) in [7, 11) is 0. The lowest BCUT2D eigenvalue weighted by molar-refractivity contribution is -0.122. The van der Waals surface area contributed by atoms with Crippen LogP contribution < -0.4 is 5.32 Å². The first kappa shape index (κ1) is 18.4. The summed E-state index contributed by atoms with van der Waals surface area (Å²) in [5.74, 6) is -0.374. The number of hydrogen-bond acceptors (Lipinski definition) is 2. The third-order valence-electron chi connectivity index (χ3n) is 4.19. The van der Waals surface area contributed by atoms with Gasteiger partial charge in [-0.1, -0.05) is 53.5 Å². The Kier molecular flexibility index (Phi) is 6.26. The van der Waals surface area contributed by atoms with E-state index in [1.807, 2.05) is 48.5 Å². The lowest BCUT2D eigenvalue weighted by Crippen LogP contribution is -2.30. The molecule has 1 N–H and O–H groups in total. The number of nitrogens with one attached hydrogen (secondary N) is 1. The molecule has 1 atom stereocenters. The fraction of sp³-hybridized carbons (Fsp3) is 0.143. The van der Waals surface area contributed by atoms with Gasteiger partial charge in [0, 0.05) is 29.0 Å². The Morgan fingerprint density at radius 3 is 2.35 bits per heavy atom. The molecule has 0 radical (unpaired) electrons. The van der Waals surface area contributed by atoms with Crippen molar-refractivity contribution in [2.75, 3.05) is 0 Å². The largest absolute Gasteiger partial charge is 0.351 e. The van der Waals surface area contributed by atoms with E-state index in [9.17, 15) is 4.79 Å². The Hall–Kier alpha value is -2.36. The second-order valence-corrected chi connectivity index (χ2v) is 6.82. The molecule has 26 heavy (non-hydrogen) atoms. The molecule has 0 fully saturated rings. The average molecular weight is 385 g/mol. The van der Waals surface area contributed by atoms with Gasteiger partial charge in [0.15, 0.2) is 0 Å². The SMILES string of the molecule is O=C(NCc1ccccc1Cl)C(Cc1ccncc1)c1ccc(Cl)cc1. The highest BCUT2D eigenvalue weighted by atomic mass is 35.5. The Bertz CT molecular complexity index is 867. The summed E-state index contributed by atoms with van der Waals surface area (Å²) in [5.41, 5.74) is 2.86. The standard InChI is InChI=1S/C21H18Cl2N2O/c22-18-7-5-16(6-8-18)19(13-15-9-11-24-12-10-15)21(26)25-14-17-3-1-2-4-20(17)23/h1-12,19H,13-14H2,(H,25,26). The monoisotopic (exact) mass is 384 g/mol. The molecule has 1 amide bonds. The highest BCUT2D eigenvalue weighted by molar-refractivity contribution is 6.31. The van der Waals surface area contributed by atoms with Gasteiger partial charge in [0.05, 0.1) is 5.92 Å². The lowest BCUT2D eigenvalue weighted by atomic mass is 9.91. The van der Waals surface area contributed by atoms with Gasteiger partial charge in [-0.25, -0.2) is 0 Å². The van der Waals surface area contributed by atoms with Crippen LogP contribution in [0.2, 0.25) is 10.0 Å². The van der Waals surface area contributed by atoms with Crippen molar-refractivity contribution < 1.29 is 4.79 Å². The Morgan fingerprint density at radius 1 is 0.962 bits per heavy atom. The quantitative estimate of drug-likeness (QED) is 0.647. The van der Waals surface area contributed by atoms with Gasteiger partial charge in [-0.3, -0.25) is 9.78 Å². The van der Waals surface area contributed by atoms with Crippen LogP contribution in [0.3, 0.4) is 0 Å². The molecule has 3 nitrogen and oxygen atoms in total. The van der Waals surface area contributed by atoms with Gasteiger partial charge in [-0.2, -0.15) is 0 Å². The molecule has 0 aliphatic rings. The maximum atomic E-state index is 12.9. The van der Waals surface area contributed by atoms with Crippen molar-refractivity contribution in [1.29, 1.82) is 0 Å². The summed E-state index contributed by atoms with van der Waals surface area (Å²) in [6.07, 6.45) is 4.05. The van der Waals surface area contributed by atoms with Crippen LogP contribution in [0.5, 0.6) is 0 Å². The number of halogens is 2. The summed E-state index contributed by atoms with van der Waals surface area (Å²) in [6.45, 7) is 0.388. The van der Waals surface area contributed by atoms with Gasteiger partial charge >= 0.3 is 0 Å². The molecular weight excluding hydrogens is 367 g/mol. The third kappa shape index (κ3) is 4.84. The van der Waals surface area contributed by atoms with Gasteiger partial charge < -0.3 is 5.32 Å². The minimum atomic E-state index is -0.322. The number of carbonyl (C=O) groups excluding carboxylic acids is 1. The zero-order chi connectivity index (χ0) is 18.4.